The van der Waals surface area contributed by atoms with Crippen LogP contribution >= 0.6 is 11.8 Å². The summed E-state index contributed by atoms with van der Waals surface area (Å²) in [6.45, 7) is 5.38. The number of hydrogen-bond donors (Lipinski definition) is 1. The number of thioether (sulfide) groups is 1. The number of nitrogens with zero attached hydrogens (tertiary/aromatic N) is 3. The second-order valence-electron chi connectivity index (χ2n) is 6.64. The highest BCUT2D eigenvalue weighted by atomic mass is 32.2. The van der Waals surface area contributed by atoms with Crippen molar-refractivity contribution in [1.29, 1.82) is 0 Å². The highest BCUT2D eigenvalue weighted by Gasteiger charge is 2.20. The number of rotatable bonds is 6. The Morgan fingerprint density at radius 1 is 1.31 bits per heavy atom. The van der Waals surface area contributed by atoms with E-state index in [4.69, 9.17) is 0 Å². The van der Waals surface area contributed by atoms with Crippen LogP contribution in [0.25, 0.3) is 0 Å². The number of piperidine rings is 1. The van der Waals surface area contributed by atoms with E-state index < -0.39 is 0 Å². The molecule has 0 spiro atoms. The number of amides is 1. The van der Waals surface area contributed by atoms with Gasteiger partial charge in [-0.3, -0.25) is 4.79 Å². The monoisotopic (exact) mass is 370 g/mol. The zero-order valence-corrected chi connectivity index (χ0v) is 16.3. The molecular weight excluding hydrogens is 344 g/mol. The summed E-state index contributed by atoms with van der Waals surface area (Å²) in [5.74, 6) is 1.28. The molecule has 1 amide bonds. The molecule has 1 atom stereocenters. The van der Waals surface area contributed by atoms with Gasteiger partial charge in [-0.2, -0.15) is 0 Å². The van der Waals surface area contributed by atoms with Crippen LogP contribution in [0.3, 0.4) is 0 Å². The van der Waals surface area contributed by atoms with E-state index in [9.17, 15) is 4.79 Å². The SMILES string of the molecule is CCc1cccc(NC(=O)CSc2cc(N3CCCC[C@@H]3C)ncn2)c1. The van der Waals surface area contributed by atoms with Crippen molar-refractivity contribution in [3.63, 3.8) is 0 Å². The van der Waals surface area contributed by atoms with Gasteiger partial charge in [0.15, 0.2) is 0 Å². The lowest BCUT2D eigenvalue weighted by Crippen LogP contribution is -2.38. The Morgan fingerprint density at radius 2 is 2.19 bits per heavy atom. The van der Waals surface area contributed by atoms with E-state index in [1.807, 2.05) is 24.3 Å². The minimum Gasteiger partial charge on any atom is -0.354 e. The molecular formula is C20H26N4OS. The van der Waals surface area contributed by atoms with Crippen molar-refractivity contribution in [3.8, 4) is 0 Å². The van der Waals surface area contributed by atoms with Gasteiger partial charge in [0.2, 0.25) is 5.91 Å². The Kier molecular flexibility index (Phi) is 6.50. The smallest absolute Gasteiger partial charge is 0.234 e. The highest BCUT2D eigenvalue weighted by molar-refractivity contribution is 7.99. The first kappa shape index (κ1) is 18.7. The van der Waals surface area contributed by atoms with Gasteiger partial charge in [-0.1, -0.05) is 30.8 Å². The van der Waals surface area contributed by atoms with Gasteiger partial charge in [0.1, 0.15) is 17.2 Å². The van der Waals surface area contributed by atoms with Crippen LogP contribution in [0.2, 0.25) is 0 Å². The van der Waals surface area contributed by atoms with Crippen LogP contribution in [0.15, 0.2) is 41.7 Å². The van der Waals surface area contributed by atoms with Crippen molar-refractivity contribution in [3.05, 3.63) is 42.2 Å². The third kappa shape index (κ3) is 4.97. The summed E-state index contributed by atoms with van der Waals surface area (Å²) in [6.07, 6.45) is 6.24. The Hall–Kier alpha value is -2.08. The lowest BCUT2D eigenvalue weighted by Gasteiger charge is -2.34. The Bertz CT molecular complexity index is 752. The zero-order chi connectivity index (χ0) is 18.4. The molecule has 6 heteroatoms. The average molecular weight is 371 g/mol. The lowest BCUT2D eigenvalue weighted by molar-refractivity contribution is -0.113. The molecule has 5 nitrogen and oxygen atoms in total. The second-order valence-corrected chi connectivity index (χ2v) is 7.64. The molecule has 0 aliphatic carbocycles. The fraction of sp³-hybridized carbons (Fsp3) is 0.450. The fourth-order valence-corrected chi connectivity index (χ4v) is 3.87. The van der Waals surface area contributed by atoms with Gasteiger partial charge in [-0.25, -0.2) is 9.97 Å². The summed E-state index contributed by atoms with van der Waals surface area (Å²) in [7, 11) is 0. The first-order valence-corrected chi connectivity index (χ1v) is 10.2. The van der Waals surface area contributed by atoms with E-state index >= 15 is 0 Å². The number of carbonyl (C=O) groups excluding carboxylic acids is 1. The Labute approximate surface area is 159 Å². The summed E-state index contributed by atoms with van der Waals surface area (Å²) in [4.78, 5) is 23.3. The molecule has 0 bridgehead atoms. The zero-order valence-electron chi connectivity index (χ0n) is 15.4. The highest BCUT2D eigenvalue weighted by Crippen LogP contribution is 2.25. The minimum absolute atomic E-state index is 0.0187. The molecule has 1 saturated heterocycles. The van der Waals surface area contributed by atoms with Gasteiger partial charge in [-0.15, -0.1) is 0 Å². The molecule has 26 heavy (non-hydrogen) atoms. The molecule has 0 saturated carbocycles. The van der Waals surface area contributed by atoms with E-state index in [0.717, 1.165) is 29.5 Å². The third-order valence-corrected chi connectivity index (χ3v) is 5.62. The molecule has 2 aromatic rings. The molecule has 0 radical (unpaired) electrons. The summed E-state index contributed by atoms with van der Waals surface area (Å²) in [5.41, 5.74) is 2.06. The molecule has 1 aromatic carbocycles. The van der Waals surface area contributed by atoms with Crippen molar-refractivity contribution in [2.24, 2.45) is 0 Å². The van der Waals surface area contributed by atoms with E-state index in [1.165, 1.54) is 36.6 Å². The van der Waals surface area contributed by atoms with Crippen LogP contribution in [0.1, 0.15) is 38.7 Å². The number of aryl methyl sites for hydroxylation is 1. The van der Waals surface area contributed by atoms with E-state index in [0.29, 0.717) is 11.8 Å². The molecule has 1 N–H and O–H groups in total. The van der Waals surface area contributed by atoms with Crippen molar-refractivity contribution in [2.75, 3.05) is 22.5 Å². The van der Waals surface area contributed by atoms with Gasteiger partial charge >= 0.3 is 0 Å². The quantitative estimate of drug-likeness (QED) is 0.611. The van der Waals surface area contributed by atoms with Gasteiger partial charge < -0.3 is 10.2 Å². The molecule has 1 aliphatic heterocycles. The number of hydrogen-bond acceptors (Lipinski definition) is 5. The van der Waals surface area contributed by atoms with E-state index in [1.54, 1.807) is 6.33 Å². The molecule has 1 aromatic heterocycles. The summed E-state index contributed by atoms with van der Waals surface area (Å²) in [5, 5.41) is 3.80. The molecule has 1 fully saturated rings. The Balaban J connectivity index is 1.57. The van der Waals surface area contributed by atoms with E-state index in [2.05, 4.69) is 40.1 Å². The van der Waals surface area contributed by atoms with Crippen LogP contribution < -0.4 is 10.2 Å². The number of anilines is 2. The number of nitrogens with one attached hydrogen (secondary N) is 1. The van der Waals surface area contributed by atoms with Crippen molar-refractivity contribution >= 4 is 29.2 Å². The Morgan fingerprint density at radius 3 is 3.00 bits per heavy atom. The average Bonchev–Trinajstić information content (AvgIpc) is 2.67. The molecule has 138 valence electrons. The van der Waals surface area contributed by atoms with Crippen LogP contribution in [-0.2, 0) is 11.2 Å². The fourth-order valence-electron chi connectivity index (χ4n) is 3.21. The maximum atomic E-state index is 12.2. The maximum absolute atomic E-state index is 12.2. The molecule has 1 aliphatic rings. The van der Waals surface area contributed by atoms with E-state index in [-0.39, 0.29) is 5.91 Å². The van der Waals surface area contributed by atoms with Gasteiger partial charge in [0.25, 0.3) is 0 Å². The van der Waals surface area contributed by atoms with Gasteiger partial charge in [-0.05, 0) is 50.3 Å². The third-order valence-electron chi connectivity index (χ3n) is 4.69. The first-order chi connectivity index (χ1) is 12.7. The van der Waals surface area contributed by atoms with Gasteiger partial charge in [0.05, 0.1) is 5.75 Å². The lowest BCUT2D eigenvalue weighted by atomic mass is 10.0. The predicted octanol–water partition coefficient (Wildman–Crippen LogP) is 4.15. The second kappa shape index (κ2) is 9.03. The predicted molar refractivity (Wildman–Crippen MR) is 108 cm³/mol. The van der Waals surface area contributed by atoms with Crippen LogP contribution in [-0.4, -0.2) is 34.2 Å². The van der Waals surface area contributed by atoms with Crippen LogP contribution in [0.4, 0.5) is 11.5 Å². The standard InChI is InChI=1S/C20H26N4OS/c1-3-16-8-6-9-17(11-16)23-19(25)13-26-20-12-18(21-14-22-20)24-10-5-4-7-15(24)2/h6,8-9,11-12,14-15H,3-5,7,10,13H2,1-2H3,(H,23,25)/t15-/m0/s1. The van der Waals surface area contributed by atoms with Crippen molar-refractivity contribution in [1.82, 2.24) is 9.97 Å². The number of aromatic nitrogens is 2. The first-order valence-electron chi connectivity index (χ1n) is 9.26. The van der Waals surface area contributed by atoms with Crippen molar-refractivity contribution in [2.45, 2.75) is 50.6 Å². The van der Waals surface area contributed by atoms with Crippen LogP contribution in [0, 0.1) is 0 Å². The molecule has 3 rings (SSSR count). The normalized spacial score (nSPS) is 17.2. The number of benzene rings is 1. The van der Waals surface area contributed by atoms with Crippen LogP contribution in [0.5, 0.6) is 0 Å². The largest absolute Gasteiger partial charge is 0.354 e. The number of carbonyl (C=O) groups is 1. The topological polar surface area (TPSA) is 58.1 Å². The summed E-state index contributed by atoms with van der Waals surface area (Å²) in [6, 6.07) is 10.5. The van der Waals surface area contributed by atoms with Crippen molar-refractivity contribution < 1.29 is 4.79 Å². The maximum Gasteiger partial charge on any atom is 0.234 e. The summed E-state index contributed by atoms with van der Waals surface area (Å²) >= 11 is 1.45. The molecule has 0 unspecified atom stereocenters. The summed E-state index contributed by atoms with van der Waals surface area (Å²) < 4.78 is 0. The van der Waals surface area contributed by atoms with Gasteiger partial charge in [0, 0.05) is 24.3 Å². The minimum atomic E-state index is -0.0187. The molecule has 2 heterocycles.